The minimum atomic E-state index is -3.33. The Morgan fingerprint density at radius 2 is 1.58 bits per heavy atom. The zero-order valence-corrected chi connectivity index (χ0v) is 15.4. The maximum atomic E-state index is 12.7. The van der Waals surface area contributed by atoms with Gasteiger partial charge in [-0.2, -0.15) is 4.31 Å². The van der Waals surface area contributed by atoms with Crippen LogP contribution in [0, 0.1) is 0 Å². The molecule has 2 aliphatic rings. The number of benzene rings is 1. The van der Waals surface area contributed by atoms with Crippen molar-refractivity contribution < 1.29 is 8.42 Å². The Labute approximate surface area is 146 Å². The van der Waals surface area contributed by atoms with E-state index in [9.17, 15) is 8.42 Å². The van der Waals surface area contributed by atoms with Crippen molar-refractivity contribution in [3.05, 3.63) is 30.3 Å². The maximum Gasteiger partial charge on any atom is 0.243 e. The Hall–Kier alpha value is -0.950. The maximum absolute atomic E-state index is 12.7. The second-order valence-electron chi connectivity index (χ2n) is 6.83. The minimum Gasteiger partial charge on any atom is -0.303 e. The first-order valence-electron chi connectivity index (χ1n) is 9.13. The number of likely N-dealkylation sites (tertiary alicyclic amines) is 1. The van der Waals surface area contributed by atoms with Gasteiger partial charge in [0, 0.05) is 32.2 Å². The van der Waals surface area contributed by atoms with Gasteiger partial charge in [-0.3, -0.25) is 4.90 Å². The number of piperazine rings is 1. The first kappa shape index (κ1) is 17.9. The Bertz CT molecular complexity index is 604. The molecule has 0 unspecified atom stereocenters. The molecule has 24 heavy (non-hydrogen) atoms. The van der Waals surface area contributed by atoms with Gasteiger partial charge < -0.3 is 4.90 Å². The smallest absolute Gasteiger partial charge is 0.243 e. The number of nitrogens with zero attached hydrogens (tertiary/aromatic N) is 3. The fourth-order valence-electron chi connectivity index (χ4n) is 3.87. The van der Waals surface area contributed by atoms with Crippen LogP contribution < -0.4 is 0 Å². The molecule has 6 heteroatoms. The third-order valence-electron chi connectivity index (χ3n) is 5.27. The molecule has 0 N–H and O–H groups in total. The van der Waals surface area contributed by atoms with Crippen molar-refractivity contribution in [3.63, 3.8) is 0 Å². The van der Waals surface area contributed by atoms with E-state index in [0.717, 1.165) is 13.1 Å². The Kier molecular flexibility index (Phi) is 5.92. The summed E-state index contributed by atoms with van der Waals surface area (Å²) in [7, 11) is -3.33. The van der Waals surface area contributed by atoms with Gasteiger partial charge >= 0.3 is 0 Å². The second-order valence-corrected chi connectivity index (χ2v) is 8.76. The molecule has 2 aliphatic heterocycles. The van der Waals surface area contributed by atoms with Crippen LogP contribution >= 0.6 is 0 Å². The summed E-state index contributed by atoms with van der Waals surface area (Å²) in [5.74, 6) is 0. The van der Waals surface area contributed by atoms with Gasteiger partial charge in [-0.15, -0.1) is 0 Å². The summed E-state index contributed by atoms with van der Waals surface area (Å²) >= 11 is 0. The van der Waals surface area contributed by atoms with Crippen molar-refractivity contribution >= 4 is 10.0 Å². The van der Waals surface area contributed by atoms with Crippen molar-refractivity contribution in [2.24, 2.45) is 0 Å². The monoisotopic (exact) mass is 351 g/mol. The average Bonchev–Trinajstić information content (AvgIpc) is 2.63. The molecule has 0 bridgehead atoms. The standard InChI is InChI=1S/C18H29N3O2S/c1-2-10-19-11-8-17(9-12-19)20-13-15-21(16-14-20)24(22,23)18-6-4-3-5-7-18/h3-7,17H,2,8-16H2,1H3. The number of rotatable bonds is 5. The second kappa shape index (κ2) is 7.95. The van der Waals surface area contributed by atoms with E-state index >= 15 is 0 Å². The zero-order chi connectivity index (χ0) is 17.0. The molecule has 0 amide bonds. The summed E-state index contributed by atoms with van der Waals surface area (Å²) in [5.41, 5.74) is 0. The highest BCUT2D eigenvalue weighted by Gasteiger charge is 2.32. The van der Waals surface area contributed by atoms with Crippen LogP contribution in [-0.2, 0) is 10.0 Å². The van der Waals surface area contributed by atoms with E-state index in [4.69, 9.17) is 0 Å². The Morgan fingerprint density at radius 3 is 2.17 bits per heavy atom. The van der Waals surface area contributed by atoms with E-state index in [1.54, 1.807) is 28.6 Å². The van der Waals surface area contributed by atoms with Crippen LogP contribution in [0.2, 0.25) is 0 Å². The molecular weight excluding hydrogens is 322 g/mol. The van der Waals surface area contributed by atoms with Crippen LogP contribution in [0.5, 0.6) is 0 Å². The number of piperidine rings is 1. The zero-order valence-electron chi connectivity index (χ0n) is 14.6. The summed E-state index contributed by atoms with van der Waals surface area (Å²) in [4.78, 5) is 5.46. The van der Waals surface area contributed by atoms with E-state index < -0.39 is 10.0 Å². The van der Waals surface area contributed by atoms with Crippen LogP contribution in [0.1, 0.15) is 26.2 Å². The lowest BCUT2D eigenvalue weighted by Crippen LogP contribution is -2.54. The van der Waals surface area contributed by atoms with Gasteiger partial charge in [0.1, 0.15) is 0 Å². The Balaban J connectivity index is 1.53. The summed E-state index contributed by atoms with van der Waals surface area (Å²) < 4.78 is 27.0. The molecule has 5 nitrogen and oxygen atoms in total. The van der Waals surface area contributed by atoms with E-state index in [1.165, 1.54) is 38.9 Å². The highest BCUT2D eigenvalue weighted by atomic mass is 32.2. The Morgan fingerprint density at radius 1 is 0.958 bits per heavy atom. The summed E-state index contributed by atoms with van der Waals surface area (Å²) in [6.07, 6.45) is 3.65. The highest BCUT2D eigenvalue weighted by Crippen LogP contribution is 2.21. The van der Waals surface area contributed by atoms with Gasteiger partial charge in [0.2, 0.25) is 10.0 Å². The van der Waals surface area contributed by atoms with Crippen LogP contribution in [0.4, 0.5) is 0 Å². The molecule has 0 saturated carbocycles. The summed E-state index contributed by atoms with van der Waals surface area (Å²) in [5, 5.41) is 0. The van der Waals surface area contributed by atoms with E-state index in [0.29, 0.717) is 24.0 Å². The van der Waals surface area contributed by atoms with Gasteiger partial charge in [-0.05, 0) is 51.0 Å². The molecule has 0 atom stereocenters. The molecule has 2 fully saturated rings. The largest absolute Gasteiger partial charge is 0.303 e. The highest BCUT2D eigenvalue weighted by molar-refractivity contribution is 7.89. The molecule has 0 radical (unpaired) electrons. The fourth-order valence-corrected chi connectivity index (χ4v) is 5.32. The van der Waals surface area contributed by atoms with Crippen LogP contribution in [0.15, 0.2) is 35.2 Å². The third kappa shape index (κ3) is 3.99. The molecule has 0 aliphatic carbocycles. The van der Waals surface area contributed by atoms with Crippen molar-refractivity contribution in [2.45, 2.75) is 37.1 Å². The van der Waals surface area contributed by atoms with Gasteiger partial charge in [-0.1, -0.05) is 25.1 Å². The van der Waals surface area contributed by atoms with Gasteiger partial charge in [0.05, 0.1) is 4.90 Å². The fraction of sp³-hybridized carbons (Fsp3) is 0.667. The summed E-state index contributed by atoms with van der Waals surface area (Å²) in [6.45, 7) is 8.71. The van der Waals surface area contributed by atoms with Gasteiger partial charge in [0.25, 0.3) is 0 Å². The number of hydrogen-bond acceptors (Lipinski definition) is 4. The van der Waals surface area contributed by atoms with Crippen LogP contribution in [-0.4, -0.2) is 74.4 Å². The van der Waals surface area contributed by atoms with E-state index in [2.05, 4.69) is 16.7 Å². The lowest BCUT2D eigenvalue weighted by Gasteiger charge is -2.42. The lowest BCUT2D eigenvalue weighted by atomic mass is 10.0. The third-order valence-corrected chi connectivity index (χ3v) is 7.18. The topological polar surface area (TPSA) is 43.9 Å². The number of hydrogen-bond donors (Lipinski definition) is 0. The van der Waals surface area contributed by atoms with Crippen molar-refractivity contribution in [1.29, 1.82) is 0 Å². The SMILES string of the molecule is CCCN1CCC(N2CCN(S(=O)(=O)c3ccccc3)CC2)CC1. The molecule has 1 aromatic rings. The molecule has 0 aromatic heterocycles. The molecular formula is C18H29N3O2S. The summed E-state index contributed by atoms with van der Waals surface area (Å²) in [6, 6.07) is 9.42. The van der Waals surface area contributed by atoms with Crippen molar-refractivity contribution in [1.82, 2.24) is 14.1 Å². The van der Waals surface area contributed by atoms with Crippen LogP contribution in [0.25, 0.3) is 0 Å². The van der Waals surface area contributed by atoms with E-state index in [-0.39, 0.29) is 0 Å². The van der Waals surface area contributed by atoms with Crippen molar-refractivity contribution in [3.8, 4) is 0 Å². The van der Waals surface area contributed by atoms with Gasteiger partial charge in [-0.25, -0.2) is 8.42 Å². The molecule has 2 saturated heterocycles. The molecule has 1 aromatic carbocycles. The predicted octanol–water partition coefficient (Wildman–Crippen LogP) is 1.87. The predicted molar refractivity (Wildman–Crippen MR) is 96.5 cm³/mol. The van der Waals surface area contributed by atoms with Gasteiger partial charge in [0.15, 0.2) is 0 Å². The average molecular weight is 352 g/mol. The first-order chi connectivity index (χ1) is 11.6. The molecule has 134 valence electrons. The molecule has 0 spiro atoms. The van der Waals surface area contributed by atoms with Crippen molar-refractivity contribution in [2.75, 3.05) is 45.8 Å². The lowest BCUT2D eigenvalue weighted by molar-refractivity contribution is 0.0811. The number of sulfonamides is 1. The molecule has 3 rings (SSSR count). The normalized spacial score (nSPS) is 22.7. The minimum absolute atomic E-state index is 0.409. The van der Waals surface area contributed by atoms with E-state index in [1.807, 2.05) is 6.07 Å². The first-order valence-corrected chi connectivity index (χ1v) is 10.6. The van der Waals surface area contributed by atoms with Crippen LogP contribution in [0.3, 0.4) is 0 Å². The quantitative estimate of drug-likeness (QED) is 0.812. The molecule has 2 heterocycles.